The SMILES string of the molecule is COc1ccc(CN(C)CCc2ccc(NC(=O)c3ccccc3C(N)=O)cc2)cc1OC. The van der Waals surface area contributed by atoms with Gasteiger partial charge in [-0.3, -0.25) is 9.59 Å². The van der Waals surface area contributed by atoms with Crippen LogP contribution in [0.1, 0.15) is 31.8 Å². The highest BCUT2D eigenvalue weighted by Gasteiger charge is 2.14. The van der Waals surface area contributed by atoms with Crippen LogP contribution in [-0.4, -0.2) is 44.5 Å². The zero-order chi connectivity index (χ0) is 23.8. The summed E-state index contributed by atoms with van der Waals surface area (Å²) in [6.45, 7) is 1.65. The molecule has 0 aliphatic rings. The van der Waals surface area contributed by atoms with E-state index >= 15 is 0 Å². The molecule has 0 unspecified atom stereocenters. The van der Waals surface area contributed by atoms with Gasteiger partial charge in [-0.05, 0) is 61.0 Å². The Kier molecular flexibility index (Phi) is 8.05. The third-order valence-electron chi connectivity index (χ3n) is 5.33. The molecule has 7 nitrogen and oxygen atoms in total. The van der Waals surface area contributed by atoms with Gasteiger partial charge in [-0.15, -0.1) is 0 Å². The fraction of sp³-hybridized carbons (Fsp3) is 0.231. The summed E-state index contributed by atoms with van der Waals surface area (Å²) >= 11 is 0. The van der Waals surface area contributed by atoms with Crippen LogP contribution in [0.3, 0.4) is 0 Å². The number of anilines is 1. The lowest BCUT2D eigenvalue weighted by molar-refractivity contribution is 0.0977. The topological polar surface area (TPSA) is 93.9 Å². The number of nitrogens with two attached hydrogens (primary N) is 1. The van der Waals surface area contributed by atoms with Crippen LogP contribution in [0, 0.1) is 0 Å². The number of primary amides is 1. The van der Waals surface area contributed by atoms with Crippen molar-refractivity contribution in [2.75, 3.05) is 33.1 Å². The number of methoxy groups -OCH3 is 2. The minimum absolute atomic E-state index is 0.198. The van der Waals surface area contributed by atoms with Crippen LogP contribution in [0.4, 0.5) is 5.69 Å². The number of hydrogen-bond acceptors (Lipinski definition) is 5. The van der Waals surface area contributed by atoms with E-state index in [1.54, 1.807) is 38.5 Å². The highest BCUT2D eigenvalue weighted by Crippen LogP contribution is 2.28. The summed E-state index contributed by atoms with van der Waals surface area (Å²) in [6.07, 6.45) is 0.864. The Morgan fingerprint density at radius 1 is 0.879 bits per heavy atom. The fourth-order valence-corrected chi connectivity index (χ4v) is 3.54. The van der Waals surface area contributed by atoms with Crippen molar-refractivity contribution in [3.05, 3.63) is 89.0 Å². The van der Waals surface area contributed by atoms with E-state index in [9.17, 15) is 9.59 Å². The molecule has 0 saturated heterocycles. The van der Waals surface area contributed by atoms with Crippen LogP contribution < -0.4 is 20.5 Å². The third kappa shape index (κ3) is 6.33. The van der Waals surface area contributed by atoms with Gasteiger partial charge in [-0.1, -0.05) is 30.3 Å². The van der Waals surface area contributed by atoms with Gasteiger partial charge >= 0.3 is 0 Å². The molecule has 172 valence electrons. The van der Waals surface area contributed by atoms with Crippen LogP contribution in [0.15, 0.2) is 66.7 Å². The number of nitrogens with one attached hydrogen (secondary N) is 1. The van der Waals surface area contributed by atoms with E-state index in [4.69, 9.17) is 15.2 Å². The second-order valence-corrected chi connectivity index (χ2v) is 7.74. The van der Waals surface area contributed by atoms with Crippen molar-refractivity contribution in [2.24, 2.45) is 5.73 Å². The van der Waals surface area contributed by atoms with Gasteiger partial charge in [0.1, 0.15) is 0 Å². The number of amides is 2. The average Bonchev–Trinajstić information content (AvgIpc) is 2.83. The van der Waals surface area contributed by atoms with Crippen LogP contribution in [0.5, 0.6) is 11.5 Å². The van der Waals surface area contributed by atoms with Crippen molar-refractivity contribution in [2.45, 2.75) is 13.0 Å². The summed E-state index contributed by atoms with van der Waals surface area (Å²) in [6, 6.07) is 20.1. The highest BCUT2D eigenvalue weighted by atomic mass is 16.5. The number of nitrogens with zero attached hydrogens (tertiary/aromatic N) is 1. The Morgan fingerprint density at radius 2 is 1.52 bits per heavy atom. The summed E-state index contributed by atoms with van der Waals surface area (Å²) < 4.78 is 10.7. The maximum Gasteiger partial charge on any atom is 0.256 e. The van der Waals surface area contributed by atoms with Gasteiger partial charge in [-0.25, -0.2) is 0 Å². The second-order valence-electron chi connectivity index (χ2n) is 7.74. The van der Waals surface area contributed by atoms with E-state index in [2.05, 4.69) is 17.3 Å². The lowest BCUT2D eigenvalue weighted by Crippen LogP contribution is -2.21. The first-order valence-corrected chi connectivity index (χ1v) is 10.6. The minimum atomic E-state index is -0.631. The molecular weight excluding hydrogens is 418 g/mol. The number of ether oxygens (including phenoxy) is 2. The van der Waals surface area contributed by atoms with Crippen molar-refractivity contribution >= 4 is 17.5 Å². The molecule has 0 aliphatic heterocycles. The van der Waals surface area contributed by atoms with E-state index < -0.39 is 5.91 Å². The zero-order valence-electron chi connectivity index (χ0n) is 19.1. The molecule has 0 atom stereocenters. The Labute approximate surface area is 194 Å². The van der Waals surface area contributed by atoms with E-state index in [-0.39, 0.29) is 17.0 Å². The molecule has 0 bridgehead atoms. The van der Waals surface area contributed by atoms with Crippen LogP contribution in [-0.2, 0) is 13.0 Å². The summed E-state index contributed by atoms with van der Waals surface area (Å²) in [5.41, 5.74) is 8.77. The van der Waals surface area contributed by atoms with Crippen molar-refractivity contribution < 1.29 is 19.1 Å². The van der Waals surface area contributed by atoms with E-state index in [0.29, 0.717) is 11.4 Å². The quantitative estimate of drug-likeness (QED) is 0.494. The molecule has 2 amide bonds. The maximum atomic E-state index is 12.6. The number of rotatable bonds is 10. The van der Waals surface area contributed by atoms with Gasteiger partial charge < -0.3 is 25.4 Å². The summed E-state index contributed by atoms with van der Waals surface area (Å²) in [4.78, 5) is 26.3. The number of carbonyl (C=O) groups is 2. The number of likely N-dealkylation sites (N-methyl/N-ethyl adjacent to an activating group) is 1. The number of carbonyl (C=O) groups excluding carboxylic acids is 2. The monoisotopic (exact) mass is 447 g/mol. The van der Waals surface area contributed by atoms with Crippen LogP contribution in [0.25, 0.3) is 0 Å². The number of benzene rings is 3. The normalized spacial score (nSPS) is 10.7. The van der Waals surface area contributed by atoms with Crippen LogP contribution >= 0.6 is 0 Å². The molecule has 33 heavy (non-hydrogen) atoms. The number of hydrogen-bond donors (Lipinski definition) is 2. The van der Waals surface area contributed by atoms with Crippen molar-refractivity contribution in [1.29, 1.82) is 0 Å². The smallest absolute Gasteiger partial charge is 0.256 e. The largest absolute Gasteiger partial charge is 0.493 e. The molecule has 0 aromatic heterocycles. The Balaban J connectivity index is 1.54. The van der Waals surface area contributed by atoms with Gasteiger partial charge in [0.05, 0.1) is 25.3 Å². The van der Waals surface area contributed by atoms with Crippen molar-refractivity contribution in [1.82, 2.24) is 4.90 Å². The molecule has 7 heteroatoms. The molecule has 0 spiro atoms. The van der Waals surface area contributed by atoms with Gasteiger partial charge in [0.25, 0.3) is 5.91 Å². The fourth-order valence-electron chi connectivity index (χ4n) is 3.54. The van der Waals surface area contributed by atoms with E-state index in [1.807, 2.05) is 42.5 Å². The Morgan fingerprint density at radius 3 is 2.15 bits per heavy atom. The first-order valence-electron chi connectivity index (χ1n) is 10.6. The molecule has 3 aromatic rings. The van der Waals surface area contributed by atoms with Gasteiger partial charge in [0.2, 0.25) is 5.91 Å². The summed E-state index contributed by atoms with van der Waals surface area (Å²) in [7, 11) is 5.33. The second kappa shape index (κ2) is 11.2. The molecule has 0 aliphatic carbocycles. The first-order chi connectivity index (χ1) is 15.9. The summed E-state index contributed by atoms with van der Waals surface area (Å²) in [5, 5.41) is 2.82. The average molecular weight is 448 g/mol. The predicted molar refractivity (Wildman–Crippen MR) is 129 cm³/mol. The molecule has 0 heterocycles. The Hall–Kier alpha value is -3.84. The highest BCUT2D eigenvalue weighted by molar-refractivity contribution is 6.11. The lowest BCUT2D eigenvalue weighted by Gasteiger charge is -2.18. The molecule has 3 aromatic carbocycles. The van der Waals surface area contributed by atoms with Gasteiger partial charge in [-0.2, -0.15) is 0 Å². The van der Waals surface area contributed by atoms with E-state index in [1.165, 1.54) is 0 Å². The molecule has 3 N–H and O–H groups in total. The van der Waals surface area contributed by atoms with Gasteiger partial charge in [0, 0.05) is 18.8 Å². The zero-order valence-corrected chi connectivity index (χ0v) is 19.1. The minimum Gasteiger partial charge on any atom is -0.493 e. The van der Waals surface area contributed by atoms with Crippen molar-refractivity contribution in [3.63, 3.8) is 0 Å². The molecular formula is C26H29N3O4. The molecule has 0 radical (unpaired) electrons. The molecule has 0 fully saturated rings. The Bertz CT molecular complexity index is 1110. The first kappa shape index (κ1) is 23.8. The molecule has 3 rings (SSSR count). The molecule has 0 saturated carbocycles. The van der Waals surface area contributed by atoms with E-state index in [0.717, 1.165) is 36.4 Å². The van der Waals surface area contributed by atoms with Gasteiger partial charge in [0.15, 0.2) is 11.5 Å². The predicted octanol–water partition coefficient (Wildman–Crippen LogP) is 3.73. The summed E-state index contributed by atoms with van der Waals surface area (Å²) in [5.74, 6) is 0.439. The standard InChI is InChI=1S/C26H29N3O4/c1-29(17-19-10-13-23(32-2)24(16-19)33-3)15-14-18-8-11-20(12-9-18)28-26(31)22-7-5-4-6-21(22)25(27)30/h4-13,16H,14-15,17H2,1-3H3,(H2,27,30)(H,28,31). The third-order valence-corrected chi connectivity index (χ3v) is 5.33. The lowest BCUT2D eigenvalue weighted by atomic mass is 10.1. The van der Waals surface area contributed by atoms with Crippen LogP contribution in [0.2, 0.25) is 0 Å². The van der Waals surface area contributed by atoms with Crippen molar-refractivity contribution in [3.8, 4) is 11.5 Å². The maximum absolute atomic E-state index is 12.6.